The SMILES string of the molecule is CCOc1cc(O)ccc1C(=O)NC1C(=O)N2C(C(=O)O)=CCS[C@H]12. The number of carboxylic acids is 1. The first-order chi connectivity index (χ1) is 11.9. The number of nitrogens with one attached hydrogen (secondary N) is 1. The molecule has 0 saturated carbocycles. The molecule has 1 aromatic carbocycles. The smallest absolute Gasteiger partial charge is 0.352 e. The van der Waals surface area contributed by atoms with Crippen LogP contribution in [-0.4, -0.2) is 56.7 Å². The first kappa shape index (κ1) is 17.2. The summed E-state index contributed by atoms with van der Waals surface area (Å²) in [6.45, 7) is 2.06. The average Bonchev–Trinajstić information content (AvgIpc) is 2.58. The van der Waals surface area contributed by atoms with Gasteiger partial charge in [0.1, 0.15) is 28.6 Å². The van der Waals surface area contributed by atoms with Crippen molar-refractivity contribution in [2.45, 2.75) is 18.3 Å². The minimum atomic E-state index is -1.17. The van der Waals surface area contributed by atoms with Crippen LogP contribution in [0.4, 0.5) is 0 Å². The van der Waals surface area contributed by atoms with E-state index in [0.29, 0.717) is 12.4 Å². The predicted molar refractivity (Wildman–Crippen MR) is 89.3 cm³/mol. The number of thioether (sulfide) groups is 1. The van der Waals surface area contributed by atoms with Gasteiger partial charge in [-0.05, 0) is 25.1 Å². The number of aliphatic carboxylic acids is 1. The van der Waals surface area contributed by atoms with Gasteiger partial charge in [0.15, 0.2) is 0 Å². The highest BCUT2D eigenvalue weighted by Crippen LogP contribution is 2.37. The third-order valence-corrected chi connectivity index (χ3v) is 5.05. The lowest BCUT2D eigenvalue weighted by molar-refractivity contribution is -0.148. The fraction of sp³-hybridized carbons (Fsp3) is 0.312. The van der Waals surface area contributed by atoms with Crippen LogP contribution < -0.4 is 10.1 Å². The molecule has 1 saturated heterocycles. The van der Waals surface area contributed by atoms with Crippen LogP contribution in [0.25, 0.3) is 0 Å². The third-order valence-electron chi connectivity index (χ3n) is 3.86. The lowest BCUT2D eigenvalue weighted by Crippen LogP contribution is -2.70. The van der Waals surface area contributed by atoms with Crippen molar-refractivity contribution in [2.24, 2.45) is 0 Å². The summed E-state index contributed by atoms with van der Waals surface area (Å²) in [4.78, 5) is 37.1. The number of phenols is 1. The quantitative estimate of drug-likeness (QED) is 0.661. The molecule has 25 heavy (non-hydrogen) atoms. The summed E-state index contributed by atoms with van der Waals surface area (Å²) in [5.74, 6) is -1.52. The zero-order valence-electron chi connectivity index (χ0n) is 13.3. The van der Waals surface area contributed by atoms with E-state index in [4.69, 9.17) is 9.84 Å². The number of carboxylic acid groups (broad SMARTS) is 1. The Morgan fingerprint density at radius 3 is 2.88 bits per heavy atom. The highest BCUT2D eigenvalue weighted by Gasteiger charge is 2.52. The number of nitrogens with zero attached hydrogens (tertiary/aromatic N) is 1. The van der Waals surface area contributed by atoms with Gasteiger partial charge in [0.25, 0.3) is 11.8 Å². The first-order valence-electron chi connectivity index (χ1n) is 7.58. The van der Waals surface area contributed by atoms with E-state index in [9.17, 15) is 19.5 Å². The van der Waals surface area contributed by atoms with Gasteiger partial charge in [0.2, 0.25) is 0 Å². The second-order valence-electron chi connectivity index (χ2n) is 5.39. The van der Waals surface area contributed by atoms with Crippen LogP contribution in [0.5, 0.6) is 11.5 Å². The number of fused-ring (bicyclic) bond motifs is 1. The number of benzene rings is 1. The molecule has 0 aliphatic carbocycles. The van der Waals surface area contributed by atoms with Crippen molar-refractivity contribution >= 4 is 29.5 Å². The van der Waals surface area contributed by atoms with E-state index in [-0.39, 0.29) is 22.8 Å². The molecule has 2 atom stereocenters. The molecular formula is C16H16N2O6S. The van der Waals surface area contributed by atoms with Crippen LogP contribution in [0.3, 0.4) is 0 Å². The fourth-order valence-electron chi connectivity index (χ4n) is 2.73. The summed E-state index contributed by atoms with van der Waals surface area (Å²) >= 11 is 1.38. The van der Waals surface area contributed by atoms with E-state index in [1.165, 1.54) is 40.9 Å². The van der Waals surface area contributed by atoms with E-state index >= 15 is 0 Å². The highest BCUT2D eigenvalue weighted by atomic mass is 32.2. The molecule has 132 valence electrons. The van der Waals surface area contributed by atoms with Crippen molar-refractivity contribution in [3.63, 3.8) is 0 Å². The zero-order chi connectivity index (χ0) is 18.1. The maximum atomic E-state index is 12.5. The number of rotatable bonds is 5. The number of hydrogen-bond donors (Lipinski definition) is 3. The number of aromatic hydroxyl groups is 1. The van der Waals surface area contributed by atoms with E-state index in [2.05, 4.69) is 5.32 Å². The predicted octanol–water partition coefficient (Wildman–Crippen LogP) is 0.773. The van der Waals surface area contributed by atoms with E-state index < -0.39 is 29.2 Å². The summed E-state index contributed by atoms with van der Waals surface area (Å²) in [6, 6.07) is 3.29. The lowest BCUT2D eigenvalue weighted by Gasteiger charge is -2.48. The Hall–Kier alpha value is -2.68. The maximum absolute atomic E-state index is 12.5. The fourth-order valence-corrected chi connectivity index (χ4v) is 3.93. The highest BCUT2D eigenvalue weighted by molar-refractivity contribution is 8.00. The van der Waals surface area contributed by atoms with E-state index in [1.807, 2.05) is 0 Å². The van der Waals surface area contributed by atoms with Crippen LogP contribution in [-0.2, 0) is 9.59 Å². The average molecular weight is 364 g/mol. The van der Waals surface area contributed by atoms with Gasteiger partial charge in [-0.1, -0.05) is 0 Å². The molecule has 1 fully saturated rings. The molecule has 0 aromatic heterocycles. The molecule has 2 heterocycles. The Morgan fingerprint density at radius 1 is 1.44 bits per heavy atom. The normalized spacial score (nSPS) is 21.7. The summed E-state index contributed by atoms with van der Waals surface area (Å²) in [5.41, 5.74) is 0.139. The second-order valence-corrected chi connectivity index (χ2v) is 6.54. The summed E-state index contributed by atoms with van der Waals surface area (Å²) in [6.07, 6.45) is 1.48. The van der Waals surface area contributed by atoms with Crippen LogP contribution in [0.2, 0.25) is 0 Å². The number of phenolic OH excluding ortho intramolecular Hbond substituents is 1. The molecule has 8 nitrogen and oxygen atoms in total. The molecule has 2 aliphatic rings. The first-order valence-corrected chi connectivity index (χ1v) is 8.63. The van der Waals surface area contributed by atoms with Gasteiger partial charge in [-0.15, -0.1) is 11.8 Å². The molecule has 0 bridgehead atoms. The topological polar surface area (TPSA) is 116 Å². The molecule has 3 N–H and O–H groups in total. The minimum absolute atomic E-state index is 0.0371. The standard InChI is InChI=1S/C16H16N2O6S/c1-2-24-11-7-8(19)3-4-9(11)13(20)17-12-14(21)18-10(16(22)23)5-6-25-15(12)18/h3-5,7,12,15,19H,2,6H2,1H3,(H,17,20)(H,22,23)/t12?,15-/m1/s1. The van der Waals surface area contributed by atoms with Crippen molar-refractivity contribution in [3.8, 4) is 11.5 Å². The van der Waals surface area contributed by atoms with Crippen molar-refractivity contribution in [2.75, 3.05) is 12.4 Å². The van der Waals surface area contributed by atoms with Crippen molar-refractivity contribution in [1.29, 1.82) is 0 Å². The van der Waals surface area contributed by atoms with Gasteiger partial charge >= 0.3 is 5.97 Å². The second kappa shape index (κ2) is 6.67. The van der Waals surface area contributed by atoms with Crippen LogP contribution in [0.1, 0.15) is 17.3 Å². The number of ether oxygens (including phenoxy) is 1. The van der Waals surface area contributed by atoms with Crippen molar-refractivity contribution in [3.05, 3.63) is 35.5 Å². The van der Waals surface area contributed by atoms with Gasteiger partial charge < -0.3 is 20.3 Å². The van der Waals surface area contributed by atoms with Crippen molar-refractivity contribution < 1.29 is 29.3 Å². The van der Waals surface area contributed by atoms with Crippen molar-refractivity contribution in [1.82, 2.24) is 10.2 Å². The lowest BCUT2D eigenvalue weighted by atomic mass is 10.0. The molecule has 9 heteroatoms. The number of carbonyl (C=O) groups excluding carboxylic acids is 2. The number of β-lactam (4-membered cyclic amide) rings is 1. The molecule has 0 radical (unpaired) electrons. The van der Waals surface area contributed by atoms with E-state index in [0.717, 1.165) is 0 Å². The van der Waals surface area contributed by atoms with Crippen LogP contribution in [0.15, 0.2) is 30.0 Å². The summed E-state index contributed by atoms with van der Waals surface area (Å²) < 4.78 is 5.35. The molecule has 1 unspecified atom stereocenters. The molecular weight excluding hydrogens is 348 g/mol. The Kier molecular flexibility index (Phi) is 4.58. The van der Waals surface area contributed by atoms with Crippen LogP contribution in [0, 0.1) is 0 Å². The van der Waals surface area contributed by atoms with E-state index in [1.54, 1.807) is 6.92 Å². The van der Waals surface area contributed by atoms with Gasteiger partial charge in [-0.25, -0.2) is 4.79 Å². The van der Waals surface area contributed by atoms with Gasteiger partial charge in [-0.3, -0.25) is 14.5 Å². The molecule has 3 rings (SSSR count). The number of hydrogen-bond acceptors (Lipinski definition) is 6. The van der Waals surface area contributed by atoms with Gasteiger partial charge in [0, 0.05) is 11.8 Å². The molecule has 2 amide bonds. The Morgan fingerprint density at radius 2 is 2.20 bits per heavy atom. The summed E-state index contributed by atoms with van der Waals surface area (Å²) in [5, 5.41) is 20.9. The monoisotopic (exact) mass is 364 g/mol. The number of carbonyl (C=O) groups is 3. The Bertz CT molecular complexity index is 778. The Labute approximate surface area is 147 Å². The van der Waals surface area contributed by atoms with Gasteiger partial charge in [-0.2, -0.15) is 0 Å². The molecule has 1 aromatic rings. The minimum Gasteiger partial charge on any atom is -0.508 e. The number of amides is 2. The Balaban J connectivity index is 1.76. The maximum Gasteiger partial charge on any atom is 0.352 e. The van der Waals surface area contributed by atoms with Gasteiger partial charge in [0.05, 0.1) is 12.2 Å². The van der Waals surface area contributed by atoms with Crippen LogP contribution >= 0.6 is 11.8 Å². The zero-order valence-corrected chi connectivity index (χ0v) is 14.1. The molecule has 0 spiro atoms. The molecule has 2 aliphatic heterocycles. The third kappa shape index (κ3) is 3.02. The summed E-state index contributed by atoms with van der Waals surface area (Å²) in [7, 11) is 0. The largest absolute Gasteiger partial charge is 0.508 e.